The molecule has 2 heterocycles. The summed E-state index contributed by atoms with van der Waals surface area (Å²) in [4.78, 5) is 14.9. The van der Waals surface area contributed by atoms with Gasteiger partial charge in [0, 0.05) is 23.7 Å². The molecular weight excluding hydrogens is 468 g/mol. The molecule has 1 aliphatic carbocycles. The van der Waals surface area contributed by atoms with Crippen molar-refractivity contribution in [1.82, 2.24) is 4.90 Å². The van der Waals surface area contributed by atoms with E-state index in [0.29, 0.717) is 13.0 Å². The van der Waals surface area contributed by atoms with Gasteiger partial charge in [0.2, 0.25) is 10.0 Å². The number of hydrogen-bond acceptors (Lipinski definition) is 7. The van der Waals surface area contributed by atoms with Crippen molar-refractivity contribution in [3.63, 3.8) is 0 Å². The van der Waals surface area contributed by atoms with Crippen molar-refractivity contribution in [2.45, 2.75) is 56.9 Å². The SMILES string of the molecule is CCCC1(C)CN(C2CCC2)C(=O)C(C2=NS(=O)(=O)c3cc(NS(C)(=O)=O)ccc3N2)=C1O. The summed E-state index contributed by atoms with van der Waals surface area (Å²) in [5.41, 5.74) is -0.630. The number of amides is 1. The summed E-state index contributed by atoms with van der Waals surface area (Å²) < 4.78 is 55.1. The summed E-state index contributed by atoms with van der Waals surface area (Å²) in [6.45, 7) is 4.23. The zero-order valence-electron chi connectivity index (χ0n) is 18.8. The third-order valence-electron chi connectivity index (χ3n) is 6.38. The van der Waals surface area contributed by atoms with E-state index >= 15 is 0 Å². The molecule has 1 aromatic carbocycles. The topological polar surface area (TPSA) is 145 Å². The van der Waals surface area contributed by atoms with Crippen molar-refractivity contribution in [2.24, 2.45) is 9.81 Å². The van der Waals surface area contributed by atoms with Crippen LogP contribution in [0.15, 0.2) is 38.8 Å². The van der Waals surface area contributed by atoms with E-state index in [1.54, 1.807) is 4.90 Å². The summed E-state index contributed by atoms with van der Waals surface area (Å²) >= 11 is 0. The number of nitrogens with one attached hydrogen (secondary N) is 2. The highest BCUT2D eigenvalue weighted by molar-refractivity contribution is 7.92. The Bertz CT molecular complexity index is 1280. The average molecular weight is 497 g/mol. The molecule has 0 radical (unpaired) electrons. The maximum Gasteiger partial charge on any atom is 0.286 e. The normalized spacial score (nSPS) is 25.1. The fraction of sp³-hybridized carbons (Fsp3) is 0.524. The Hall–Kier alpha value is -2.60. The van der Waals surface area contributed by atoms with Crippen LogP contribution in [0.2, 0.25) is 0 Å². The third-order valence-corrected chi connectivity index (χ3v) is 8.31. The number of carbonyl (C=O) groups excluding carboxylic acids is 1. The predicted octanol–water partition coefficient (Wildman–Crippen LogP) is 2.58. The van der Waals surface area contributed by atoms with Gasteiger partial charge in [0.1, 0.15) is 16.2 Å². The zero-order chi connectivity index (χ0) is 24.2. The Labute approximate surface area is 193 Å². The minimum atomic E-state index is -4.27. The third kappa shape index (κ3) is 4.33. The van der Waals surface area contributed by atoms with E-state index in [0.717, 1.165) is 38.0 Å². The van der Waals surface area contributed by atoms with Crippen molar-refractivity contribution in [3.05, 3.63) is 29.5 Å². The quantitative estimate of drug-likeness (QED) is 0.549. The van der Waals surface area contributed by atoms with Gasteiger partial charge in [-0.1, -0.05) is 20.3 Å². The number of hydrogen-bond donors (Lipinski definition) is 3. The van der Waals surface area contributed by atoms with Crippen LogP contribution in [0, 0.1) is 5.41 Å². The molecule has 0 saturated heterocycles. The number of sulfonamides is 2. The Balaban J connectivity index is 1.79. The van der Waals surface area contributed by atoms with E-state index < -0.39 is 31.4 Å². The molecule has 2 aliphatic heterocycles. The molecule has 3 aliphatic rings. The van der Waals surface area contributed by atoms with Gasteiger partial charge >= 0.3 is 0 Å². The number of aliphatic hydroxyl groups excluding tert-OH is 1. The molecular formula is C21H28N4O6S2. The number of benzene rings is 1. The van der Waals surface area contributed by atoms with Crippen molar-refractivity contribution < 1.29 is 26.7 Å². The molecule has 3 N–H and O–H groups in total. The molecule has 1 atom stereocenters. The summed E-state index contributed by atoms with van der Waals surface area (Å²) in [6.07, 6.45) is 5.13. The molecule has 12 heteroatoms. The first-order valence-corrected chi connectivity index (χ1v) is 14.2. The highest BCUT2D eigenvalue weighted by Crippen LogP contribution is 2.42. The Morgan fingerprint density at radius 3 is 2.61 bits per heavy atom. The molecule has 4 rings (SSSR count). The van der Waals surface area contributed by atoms with Gasteiger partial charge < -0.3 is 15.3 Å². The molecule has 1 unspecified atom stereocenters. The van der Waals surface area contributed by atoms with Gasteiger partial charge in [0.25, 0.3) is 15.9 Å². The first-order chi connectivity index (χ1) is 15.3. The maximum atomic E-state index is 13.4. The number of carbonyl (C=O) groups is 1. The Kier molecular flexibility index (Phi) is 5.72. The fourth-order valence-corrected chi connectivity index (χ4v) is 6.27. The lowest BCUT2D eigenvalue weighted by Gasteiger charge is -2.46. The molecule has 1 saturated carbocycles. The molecule has 1 fully saturated rings. The lowest BCUT2D eigenvalue weighted by atomic mass is 9.76. The van der Waals surface area contributed by atoms with Gasteiger partial charge in [-0.25, -0.2) is 8.42 Å². The molecule has 0 spiro atoms. The van der Waals surface area contributed by atoms with Gasteiger partial charge in [-0.15, -0.1) is 4.40 Å². The van der Waals surface area contributed by atoms with Gasteiger partial charge in [-0.05, 0) is 43.9 Å². The molecule has 33 heavy (non-hydrogen) atoms. The van der Waals surface area contributed by atoms with Gasteiger partial charge in [0.05, 0.1) is 11.9 Å². The predicted molar refractivity (Wildman–Crippen MR) is 125 cm³/mol. The first-order valence-electron chi connectivity index (χ1n) is 10.8. The summed E-state index contributed by atoms with van der Waals surface area (Å²) in [5.74, 6) is -0.823. The number of nitrogens with zero attached hydrogens (tertiary/aromatic N) is 2. The molecule has 10 nitrogen and oxygen atoms in total. The second-order valence-electron chi connectivity index (χ2n) is 9.18. The second-order valence-corrected chi connectivity index (χ2v) is 12.5. The maximum absolute atomic E-state index is 13.4. The lowest BCUT2D eigenvalue weighted by molar-refractivity contribution is -0.134. The highest BCUT2D eigenvalue weighted by Gasteiger charge is 2.47. The van der Waals surface area contributed by atoms with Crippen LogP contribution in [0.3, 0.4) is 0 Å². The van der Waals surface area contributed by atoms with Crippen LogP contribution in [0.5, 0.6) is 0 Å². The van der Waals surface area contributed by atoms with Gasteiger partial charge in [0.15, 0.2) is 5.84 Å². The van der Waals surface area contributed by atoms with Crippen LogP contribution in [0.25, 0.3) is 0 Å². The van der Waals surface area contributed by atoms with Crippen LogP contribution in [0.4, 0.5) is 11.4 Å². The van der Waals surface area contributed by atoms with E-state index in [1.807, 2.05) is 13.8 Å². The van der Waals surface area contributed by atoms with Crippen molar-refractivity contribution in [3.8, 4) is 0 Å². The molecule has 0 aromatic heterocycles. The van der Waals surface area contributed by atoms with E-state index in [-0.39, 0.29) is 39.5 Å². The van der Waals surface area contributed by atoms with Crippen molar-refractivity contribution >= 4 is 43.2 Å². The van der Waals surface area contributed by atoms with Crippen LogP contribution in [0.1, 0.15) is 46.0 Å². The van der Waals surface area contributed by atoms with Gasteiger partial charge in [-0.2, -0.15) is 8.42 Å². The van der Waals surface area contributed by atoms with Crippen molar-refractivity contribution in [1.29, 1.82) is 0 Å². The fourth-order valence-electron chi connectivity index (χ4n) is 4.57. The van der Waals surface area contributed by atoms with Crippen molar-refractivity contribution in [2.75, 3.05) is 22.8 Å². The van der Waals surface area contributed by atoms with Crippen LogP contribution >= 0.6 is 0 Å². The highest BCUT2D eigenvalue weighted by atomic mass is 32.2. The van der Waals surface area contributed by atoms with Crippen LogP contribution < -0.4 is 10.0 Å². The lowest BCUT2D eigenvalue weighted by Crippen LogP contribution is -2.55. The minimum absolute atomic E-state index is 0.0643. The number of aliphatic hydroxyl groups is 1. The summed E-state index contributed by atoms with van der Waals surface area (Å²) in [5, 5.41) is 14.0. The number of anilines is 2. The Morgan fingerprint density at radius 1 is 1.33 bits per heavy atom. The van der Waals surface area contributed by atoms with E-state index in [2.05, 4.69) is 14.4 Å². The smallest absolute Gasteiger partial charge is 0.286 e. The molecule has 1 amide bonds. The van der Waals surface area contributed by atoms with E-state index in [1.165, 1.54) is 12.1 Å². The number of fused-ring (bicyclic) bond motifs is 1. The van der Waals surface area contributed by atoms with E-state index in [9.17, 15) is 26.7 Å². The average Bonchev–Trinajstić information content (AvgIpc) is 2.64. The first kappa shape index (κ1) is 23.6. The van der Waals surface area contributed by atoms with Crippen LogP contribution in [-0.2, 0) is 24.8 Å². The van der Waals surface area contributed by atoms with Crippen LogP contribution in [-0.4, -0.2) is 57.4 Å². The summed E-state index contributed by atoms with van der Waals surface area (Å²) in [7, 11) is -7.87. The molecule has 0 bridgehead atoms. The minimum Gasteiger partial charge on any atom is -0.511 e. The Morgan fingerprint density at radius 2 is 2.03 bits per heavy atom. The monoisotopic (exact) mass is 496 g/mol. The molecule has 180 valence electrons. The van der Waals surface area contributed by atoms with Gasteiger partial charge in [-0.3, -0.25) is 9.52 Å². The standard InChI is InChI=1S/C21H28N4O6S2/c1-4-10-21(2)12-25(14-6-5-7-14)20(27)17(18(21)26)19-22-15-9-8-13(23-32(3,28)29)11-16(15)33(30,31)24-19/h8-9,11,14,23,26H,4-7,10,12H2,1-3H3,(H,22,24). The van der Waals surface area contributed by atoms with E-state index in [4.69, 9.17) is 0 Å². The largest absolute Gasteiger partial charge is 0.511 e. The number of amidine groups is 1. The number of rotatable bonds is 6. The molecule has 1 aromatic rings. The zero-order valence-corrected chi connectivity index (χ0v) is 20.4. The summed E-state index contributed by atoms with van der Waals surface area (Å²) in [6, 6.07) is 4.03. The second kappa shape index (κ2) is 8.01.